The molecule has 1 saturated heterocycles. The first-order valence-electron chi connectivity index (χ1n) is 8.79. The Bertz CT molecular complexity index is 892. The fraction of sp³-hybridized carbons (Fsp3) is 0.333. The summed E-state index contributed by atoms with van der Waals surface area (Å²) < 4.78 is 0. The van der Waals surface area contributed by atoms with Crippen molar-refractivity contribution >= 4 is 39.5 Å². The number of primary amides is 1. The third-order valence-corrected chi connectivity index (χ3v) is 5.66. The Balaban J connectivity index is 1.61. The topological polar surface area (TPSA) is 122 Å². The van der Waals surface area contributed by atoms with E-state index in [1.54, 1.807) is 36.6 Å². The summed E-state index contributed by atoms with van der Waals surface area (Å²) in [7, 11) is 0. The highest BCUT2D eigenvalue weighted by Gasteiger charge is 2.28. The van der Waals surface area contributed by atoms with E-state index < -0.39 is 11.9 Å². The first-order valence-corrected chi connectivity index (χ1v) is 9.67. The third kappa shape index (κ3) is 4.12. The molecular formula is C18H21N5O4S. The summed E-state index contributed by atoms with van der Waals surface area (Å²) in [5.74, 6) is -0.800. The van der Waals surface area contributed by atoms with Crippen molar-refractivity contribution in [2.75, 3.05) is 36.4 Å². The molecule has 2 aromatic rings. The Morgan fingerprint density at radius 1 is 1.21 bits per heavy atom. The number of amides is 2. The van der Waals surface area contributed by atoms with Crippen molar-refractivity contribution in [1.82, 2.24) is 4.90 Å². The minimum absolute atomic E-state index is 0.0819. The molecule has 3 rings (SSSR count). The lowest BCUT2D eigenvalue weighted by Crippen LogP contribution is -2.53. The van der Waals surface area contributed by atoms with Crippen LogP contribution >= 0.6 is 11.3 Å². The van der Waals surface area contributed by atoms with Gasteiger partial charge in [-0.2, -0.15) is 0 Å². The van der Waals surface area contributed by atoms with Crippen molar-refractivity contribution in [1.29, 1.82) is 0 Å². The largest absolute Gasteiger partial charge is 0.366 e. The van der Waals surface area contributed by atoms with E-state index in [-0.39, 0.29) is 16.5 Å². The molecule has 0 bridgehead atoms. The number of benzene rings is 1. The maximum atomic E-state index is 12.6. The Morgan fingerprint density at radius 3 is 2.54 bits per heavy atom. The van der Waals surface area contributed by atoms with E-state index in [1.807, 2.05) is 9.80 Å². The monoisotopic (exact) mass is 403 g/mol. The third-order valence-electron chi connectivity index (χ3n) is 4.83. The minimum atomic E-state index is -0.581. The van der Waals surface area contributed by atoms with Gasteiger partial charge in [0.2, 0.25) is 5.91 Å². The molecular weight excluding hydrogens is 382 g/mol. The number of hydrogen-bond acceptors (Lipinski definition) is 7. The number of nitrogens with zero attached hydrogens (tertiary/aromatic N) is 3. The van der Waals surface area contributed by atoms with Crippen LogP contribution in [-0.4, -0.2) is 53.9 Å². The molecule has 28 heavy (non-hydrogen) atoms. The van der Waals surface area contributed by atoms with Gasteiger partial charge < -0.3 is 16.0 Å². The average molecular weight is 403 g/mol. The molecule has 2 heterocycles. The lowest BCUT2D eigenvalue weighted by atomic mass is 10.1. The van der Waals surface area contributed by atoms with Crippen molar-refractivity contribution < 1.29 is 14.5 Å². The predicted molar refractivity (Wildman–Crippen MR) is 108 cm³/mol. The van der Waals surface area contributed by atoms with E-state index >= 15 is 0 Å². The molecule has 148 valence electrons. The highest BCUT2D eigenvalue weighted by Crippen LogP contribution is 2.29. The fourth-order valence-corrected chi connectivity index (χ4v) is 4.01. The smallest absolute Gasteiger partial charge is 0.292 e. The van der Waals surface area contributed by atoms with Crippen LogP contribution in [0.25, 0.3) is 0 Å². The Hall–Kier alpha value is -2.98. The molecule has 0 spiro atoms. The lowest BCUT2D eigenvalue weighted by molar-refractivity contribution is -0.384. The molecule has 0 aliphatic carbocycles. The summed E-state index contributed by atoms with van der Waals surface area (Å²) in [4.78, 5) is 38.8. The zero-order valence-corrected chi connectivity index (χ0v) is 16.1. The van der Waals surface area contributed by atoms with E-state index in [0.717, 1.165) is 0 Å². The van der Waals surface area contributed by atoms with Crippen molar-refractivity contribution in [3.8, 4) is 0 Å². The Kier molecular flexibility index (Phi) is 5.90. The van der Waals surface area contributed by atoms with E-state index in [2.05, 4.69) is 5.32 Å². The standard InChI is InChI=1S/C18H21N5O4S/c1-12(17(25)20-18-13(16(19)24)6-11-28-18)21-7-9-22(10-8-21)14-4-2-3-5-15(14)23(26)27/h2-6,11-12H,7-10H2,1H3,(H2,19,24)(H,20,25). The number of nitro groups is 1. The summed E-state index contributed by atoms with van der Waals surface area (Å²) in [5, 5.41) is 16.2. The van der Waals surface area contributed by atoms with E-state index in [0.29, 0.717) is 42.4 Å². The first kappa shape index (κ1) is 19.8. The van der Waals surface area contributed by atoms with E-state index in [1.165, 1.54) is 17.4 Å². The summed E-state index contributed by atoms with van der Waals surface area (Å²) >= 11 is 1.25. The highest BCUT2D eigenvalue weighted by molar-refractivity contribution is 7.14. The quantitative estimate of drug-likeness (QED) is 0.561. The number of nitrogens with two attached hydrogens (primary N) is 1. The summed E-state index contributed by atoms with van der Waals surface area (Å²) in [6.45, 7) is 4.14. The van der Waals surface area contributed by atoms with Crippen LogP contribution in [0.5, 0.6) is 0 Å². The minimum Gasteiger partial charge on any atom is -0.366 e. The maximum Gasteiger partial charge on any atom is 0.292 e. The van der Waals surface area contributed by atoms with Crippen molar-refractivity contribution in [2.45, 2.75) is 13.0 Å². The van der Waals surface area contributed by atoms with Crippen LogP contribution in [0, 0.1) is 10.1 Å². The van der Waals surface area contributed by atoms with E-state index in [4.69, 9.17) is 5.73 Å². The van der Waals surface area contributed by atoms with Crippen LogP contribution in [-0.2, 0) is 4.79 Å². The first-order chi connectivity index (χ1) is 13.4. The number of anilines is 2. The molecule has 2 amide bonds. The number of carbonyl (C=O) groups excluding carboxylic acids is 2. The van der Waals surface area contributed by atoms with Crippen LogP contribution in [0.2, 0.25) is 0 Å². The van der Waals surface area contributed by atoms with Gasteiger partial charge in [-0.15, -0.1) is 11.3 Å². The van der Waals surface area contributed by atoms with Crippen LogP contribution in [0.15, 0.2) is 35.7 Å². The van der Waals surface area contributed by atoms with Gasteiger partial charge >= 0.3 is 0 Å². The van der Waals surface area contributed by atoms with Gasteiger partial charge in [0.1, 0.15) is 10.7 Å². The molecule has 1 aliphatic rings. The zero-order chi connectivity index (χ0) is 20.3. The molecule has 1 aromatic carbocycles. The second kappa shape index (κ2) is 8.36. The summed E-state index contributed by atoms with van der Waals surface area (Å²) in [5.41, 5.74) is 6.28. The molecule has 9 nitrogen and oxygen atoms in total. The van der Waals surface area contributed by atoms with Gasteiger partial charge in [-0.3, -0.25) is 24.6 Å². The highest BCUT2D eigenvalue weighted by atomic mass is 32.1. The number of nitrogens with one attached hydrogen (secondary N) is 1. The second-order valence-corrected chi connectivity index (χ2v) is 7.38. The summed E-state index contributed by atoms with van der Waals surface area (Å²) in [6.07, 6.45) is 0. The van der Waals surface area contributed by atoms with Crippen LogP contribution < -0.4 is 16.0 Å². The lowest BCUT2D eigenvalue weighted by Gasteiger charge is -2.38. The Labute approximate surface area is 165 Å². The van der Waals surface area contributed by atoms with Gasteiger partial charge in [-0.1, -0.05) is 12.1 Å². The number of rotatable bonds is 6. The molecule has 3 N–H and O–H groups in total. The molecule has 1 aromatic heterocycles. The van der Waals surface area contributed by atoms with Crippen LogP contribution in [0.1, 0.15) is 17.3 Å². The molecule has 0 radical (unpaired) electrons. The molecule has 1 fully saturated rings. The number of hydrogen-bond donors (Lipinski definition) is 2. The normalized spacial score (nSPS) is 15.8. The average Bonchev–Trinajstić information content (AvgIpc) is 3.16. The van der Waals surface area contributed by atoms with Crippen molar-refractivity contribution in [3.63, 3.8) is 0 Å². The predicted octanol–water partition coefficient (Wildman–Crippen LogP) is 1.90. The number of thiophene rings is 1. The molecule has 1 atom stereocenters. The van der Waals surface area contributed by atoms with Gasteiger partial charge in [0.05, 0.1) is 16.5 Å². The number of carbonyl (C=O) groups is 2. The van der Waals surface area contributed by atoms with Crippen LogP contribution in [0.4, 0.5) is 16.4 Å². The molecule has 1 unspecified atom stereocenters. The van der Waals surface area contributed by atoms with Gasteiger partial charge in [-0.25, -0.2) is 0 Å². The summed E-state index contributed by atoms with van der Waals surface area (Å²) in [6, 6.07) is 7.84. The fourth-order valence-electron chi connectivity index (χ4n) is 3.22. The SMILES string of the molecule is CC(C(=O)Nc1sccc1C(N)=O)N1CCN(c2ccccc2[N+](=O)[O-])CC1. The number of piperazine rings is 1. The second-order valence-electron chi connectivity index (χ2n) is 6.46. The number of para-hydroxylation sites is 2. The Morgan fingerprint density at radius 2 is 1.89 bits per heavy atom. The zero-order valence-electron chi connectivity index (χ0n) is 15.3. The molecule has 10 heteroatoms. The van der Waals surface area contributed by atoms with Crippen LogP contribution in [0.3, 0.4) is 0 Å². The number of nitro benzene ring substituents is 1. The maximum absolute atomic E-state index is 12.6. The van der Waals surface area contributed by atoms with E-state index in [9.17, 15) is 19.7 Å². The van der Waals surface area contributed by atoms with Crippen molar-refractivity contribution in [3.05, 3.63) is 51.4 Å². The van der Waals surface area contributed by atoms with Crippen molar-refractivity contribution in [2.24, 2.45) is 5.73 Å². The van der Waals surface area contributed by atoms with Gasteiger partial charge in [0, 0.05) is 32.2 Å². The van der Waals surface area contributed by atoms with Gasteiger partial charge in [0.15, 0.2) is 0 Å². The molecule has 0 saturated carbocycles. The van der Waals surface area contributed by atoms with Gasteiger partial charge in [0.25, 0.3) is 11.6 Å². The van der Waals surface area contributed by atoms with Gasteiger partial charge in [-0.05, 0) is 24.4 Å². The molecule has 1 aliphatic heterocycles.